The van der Waals surface area contributed by atoms with Crippen LogP contribution in [0.4, 0.5) is 10.5 Å². The van der Waals surface area contributed by atoms with Crippen LogP contribution in [0.1, 0.15) is 31.7 Å². The lowest BCUT2D eigenvalue weighted by molar-refractivity contribution is -0.118. The maximum absolute atomic E-state index is 12.7. The second-order valence-corrected chi connectivity index (χ2v) is 7.36. The summed E-state index contributed by atoms with van der Waals surface area (Å²) in [4.78, 5) is 25.7. The van der Waals surface area contributed by atoms with Crippen molar-refractivity contribution in [2.24, 2.45) is 0 Å². The van der Waals surface area contributed by atoms with E-state index >= 15 is 0 Å². The number of rotatable bonds is 10. The molecule has 0 bridgehead atoms. The smallest absolute Gasteiger partial charge is 0.408 e. The molecule has 4 N–H and O–H groups in total. The minimum Gasteiger partial charge on any atom is -0.506 e. The number of hydrogen-bond acceptors (Lipinski definition) is 5. The van der Waals surface area contributed by atoms with Gasteiger partial charge in [-0.15, -0.1) is 0 Å². The van der Waals surface area contributed by atoms with Gasteiger partial charge in [-0.2, -0.15) is 0 Å². The summed E-state index contributed by atoms with van der Waals surface area (Å²) in [6.45, 7) is 2.61. The zero-order valence-electron chi connectivity index (χ0n) is 16.9. The van der Waals surface area contributed by atoms with Gasteiger partial charge in [0.15, 0.2) is 0 Å². The van der Waals surface area contributed by atoms with Crippen LogP contribution in [-0.2, 0) is 16.1 Å². The van der Waals surface area contributed by atoms with E-state index in [1.807, 2.05) is 37.3 Å². The molecule has 160 valence electrons. The number of thiocarbonyl (C=S) groups is 1. The number of phenols is 1. The van der Waals surface area contributed by atoms with Gasteiger partial charge in [-0.25, -0.2) is 4.79 Å². The normalized spacial score (nSPS) is 11.2. The Balaban J connectivity index is 1.93. The van der Waals surface area contributed by atoms with Gasteiger partial charge in [0.25, 0.3) is 0 Å². The minimum atomic E-state index is -0.804. The number of para-hydroxylation sites is 2. The summed E-state index contributed by atoms with van der Waals surface area (Å²) in [5.41, 5.74) is 1.13. The summed E-state index contributed by atoms with van der Waals surface area (Å²) >= 11 is 4.98. The number of aromatic hydroxyl groups is 1. The van der Waals surface area contributed by atoms with Crippen LogP contribution in [0.3, 0.4) is 0 Å². The van der Waals surface area contributed by atoms with Gasteiger partial charge in [-0.05, 0) is 43.9 Å². The fourth-order valence-corrected chi connectivity index (χ4v) is 2.81. The average Bonchev–Trinajstić information content (AvgIpc) is 2.73. The molecule has 0 saturated heterocycles. The maximum Gasteiger partial charge on any atom is 0.408 e. The number of anilines is 1. The van der Waals surface area contributed by atoms with Crippen LogP contribution in [0.25, 0.3) is 0 Å². The largest absolute Gasteiger partial charge is 0.506 e. The monoisotopic (exact) mass is 429 g/mol. The van der Waals surface area contributed by atoms with Gasteiger partial charge in [0.2, 0.25) is 5.91 Å². The first-order valence-electron chi connectivity index (χ1n) is 9.76. The van der Waals surface area contributed by atoms with Gasteiger partial charge in [0.05, 0.1) is 10.7 Å². The lowest BCUT2D eigenvalue weighted by atomic mass is 10.1. The molecule has 0 unspecified atom stereocenters. The third-order valence-electron chi connectivity index (χ3n) is 4.28. The molecular formula is C22H27N3O4S. The molecule has 2 amide bonds. The van der Waals surface area contributed by atoms with E-state index in [2.05, 4.69) is 16.0 Å². The highest BCUT2D eigenvalue weighted by Gasteiger charge is 2.22. The molecule has 0 aromatic heterocycles. The van der Waals surface area contributed by atoms with E-state index in [9.17, 15) is 14.7 Å². The number of amides is 2. The van der Waals surface area contributed by atoms with E-state index in [0.29, 0.717) is 24.4 Å². The molecule has 0 spiro atoms. The highest BCUT2D eigenvalue weighted by molar-refractivity contribution is 7.80. The molecule has 0 saturated carbocycles. The molecule has 0 radical (unpaired) electrons. The van der Waals surface area contributed by atoms with Gasteiger partial charge in [0.1, 0.15) is 18.4 Å². The minimum absolute atomic E-state index is 0.0445. The van der Waals surface area contributed by atoms with E-state index in [0.717, 1.165) is 12.0 Å². The Morgan fingerprint density at radius 2 is 1.77 bits per heavy atom. The van der Waals surface area contributed by atoms with E-state index in [4.69, 9.17) is 17.0 Å². The van der Waals surface area contributed by atoms with Crippen molar-refractivity contribution in [2.45, 2.75) is 38.8 Å². The van der Waals surface area contributed by atoms with Crippen molar-refractivity contribution in [1.82, 2.24) is 10.6 Å². The number of phenolic OH excluding ortho intramolecular Hbond substituents is 1. The second-order valence-electron chi connectivity index (χ2n) is 6.74. The zero-order valence-corrected chi connectivity index (χ0v) is 17.7. The Labute approximate surface area is 181 Å². The number of ether oxygens (including phenoxy) is 1. The van der Waals surface area contributed by atoms with Crippen LogP contribution in [0.5, 0.6) is 5.75 Å². The molecular weight excluding hydrogens is 402 g/mol. The number of carbonyl (C=O) groups excluding carboxylic acids is 2. The molecule has 0 heterocycles. The molecule has 2 aromatic rings. The molecule has 7 nitrogen and oxygen atoms in total. The Hall–Kier alpha value is -3.13. The fourth-order valence-electron chi connectivity index (χ4n) is 2.71. The number of hydrogen-bond donors (Lipinski definition) is 4. The van der Waals surface area contributed by atoms with Crippen molar-refractivity contribution in [1.29, 1.82) is 0 Å². The van der Waals surface area contributed by atoms with Crippen LogP contribution >= 0.6 is 12.2 Å². The molecule has 0 aliphatic rings. The van der Waals surface area contributed by atoms with Gasteiger partial charge >= 0.3 is 6.09 Å². The highest BCUT2D eigenvalue weighted by Crippen LogP contribution is 2.22. The Morgan fingerprint density at radius 3 is 2.47 bits per heavy atom. The number of alkyl carbamates (subject to hydrolysis) is 1. The maximum atomic E-state index is 12.7. The van der Waals surface area contributed by atoms with Crippen molar-refractivity contribution in [3.05, 3.63) is 60.2 Å². The van der Waals surface area contributed by atoms with E-state index < -0.39 is 18.0 Å². The number of nitrogens with one attached hydrogen (secondary N) is 3. The molecule has 1 atom stereocenters. The summed E-state index contributed by atoms with van der Waals surface area (Å²) in [7, 11) is 0. The van der Waals surface area contributed by atoms with E-state index in [-0.39, 0.29) is 18.0 Å². The van der Waals surface area contributed by atoms with Gasteiger partial charge < -0.3 is 25.8 Å². The molecule has 30 heavy (non-hydrogen) atoms. The Bertz CT molecular complexity index is 845. The molecule has 2 rings (SSSR count). The van der Waals surface area contributed by atoms with Gasteiger partial charge in [0, 0.05) is 6.54 Å². The van der Waals surface area contributed by atoms with E-state index in [1.54, 1.807) is 18.2 Å². The van der Waals surface area contributed by atoms with Crippen molar-refractivity contribution >= 4 is 34.9 Å². The van der Waals surface area contributed by atoms with Crippen molar-refractivity contribution in [3.63, 3.8) is 0 Å². The van der Waals surface area contributed by atoms with Crippen molar-refractivity contribution < 1.29 is 19.4 Å². The summed E-state index contributed by atoms with van der Waals surface area (Å²) in [5, 5.41) is 18.2. The predicted molar refractivity (Wildman–Crippen MR) is 120 cm³/mol. The fraction of sp³-hybridized carbons (Fsp3) is 0.318. The van der Waals surface area contributed by atoms with Crippen LogP contribution in [0.15, 0.2) is 54.6 Å². The predicted octanol–water partition coefficient (Wildman–Crippen LogP) is 3.73. The Kier molecular flexibility index (Phi) is 9.60. The van der Waals surface area contributed by atoms with Crippen LogP contribution in [0, 0.1) is 0 Å². The third kappa shape index (κ3) is 8.48. The number of carbonyl (C=O) groups is 2. The Morgan fingerprint density at radius 1 is 1.07 bits per heavy atom. The van der Waals surface area contributed by atoms with Gasteiger partial charge in [-0.3, -0.25) is 4.79 Å². The highest BCUT2D eigenvalue weighted by atomic mass is 32.1. The first-order chi connectivity index (χ1) is 14.5. The summed E-state index contributed by atoms with van der Waals surface area (Å²) in [5.74, 6) is -0.468. The van der Waals surface area contributed by atoms with Crippen LogP contribution in [-0.4, -0.2) is 34.7 Å². The molecule has 0 fully saturated rings. The third-order valence-corrected chi connectivity index (χ3v) is 4.42. The number of benzene rings is 2. The molecule has 0 aliphatic heterocycles. The topological polar surface area (TPSA) is 99.7 Å². The molecule has 0 aliphatic carbocycles. The first-order valence-corrected chi connectivity index (χ1v) is 10.2. The van der Waals surface area contributed by atoms with Crippen LogP contribution in [0.2, 0.25) is 0 Å². The second kappa shape index (κ2) is 12.4. The zero-order chi connectivity index (χ0) is 21.8. The SMILES string of the molecule is CC(=S)NCCCC[C@H](NC(=O)OCc1ccccc1)C(=O)Nc1ccccc1O. The lowest BCUT2D eigenvalue weighted by Gasteiger charge is -2.19. The van der Waals surface area contributed by atoms with Gasteiger partial charge in [-0.1, -0.05) is 54.7 Å². The molecule has 8 heteroatoms. The lowest BCUT2D eigenvalue weighted by Crippen LogP contribution is -2.44. The summed E-state index contributed by atoms with van der Waals surface area (Å²) in [6, 6.07) is 14.9. The van der Waals surface area contributed by atoms with Crippen molar-refractivity contribution in [2.75, 3.05) is 11.9 Å². The van der Waals surface area contributed by atoms with Crippen LogP contribution < -0.4 is 16.0 Å². The quantitative estimate of drug-likeness (QED) is 0.261. The molecule has 2 aromatic carbocycles. The van der Waals surface area contributed by atoms with Crippen molar-refractivity contribution in [3.8, 4) is 5.75 Å². The number of unbranched alkanes of at least 4 members (excludes halogenated alkanes) is 1. The van der Waals surface area contributed by atoms with E-state index in [1.165, 1.54) is 6.07 Å². The average molecular weight is 430 g/mol. The standard InChI is InChI=1S/C22H27N3O4S/c1-16(30)23-14-8-7-12-19(21(27)24-18-11-5-6-13-20(18)26)25-22(28)29-15-17-9-3-2-4-10-17/h2-6,9-11,13,19,26H,7-8,12,14-15H2,1H3,(H,23,30)(H,24,27)(H,25,28)/t19-/m0/s1. The summed E-state index contributed by atoms with van der Waals surface area (Å²) in [6.07, 6.45) is 1.21. The first kappa shape index (κ1) is 23.2. The summed E-state index contributed by atoms with van der Waals surface area (Å²) < 4.78 is 5.23.